The van der Waals surface area contributed by atoms with Gasteiger partial charge in [-0.25, -0.2) is 9.78 Å². The zero-order chi connectivity index (χ0) is 13.2. The number of anilines is 1. The Morgan fingerprint density at radius 2 is 2.37 bits per heavy atom. The van der Waals surface area contributed by atoms with Crippen molar-refractivity contribution in [3.05, 3.63) is 12.3 Å². The van der Waals surface area contributed by atoms with Gasteiger partial charge in [0.2, 0.25) is 11.8 Å². The molecule has 2 fully saturated rings. The summed E-state index contributed by atoms with van der Waals surface area (Å²) in [5.74, 6) is 1.20. The molecule has 0 N–H and O–H groups in total. The molecule has 1 unspecified atom stereocenters. The molecule has 1 amide bonds. The molecule has 19 heavy (non-hydrogen) atoms. The van der Waals surface area contributed by atoms with Crippen LogP contribution in [0.2, 0.25) is 0 Å². The Labute approximate surface area is 111 Å². The molecule has 1 aromatic heterocycles. The minimum absolute atomic E-state index is 0.185. The maximum atomic E-state index is 11.5. The molecule has 7 nitrogen and oxygen atoms in total. The highest BCUT2D eigenvalue weighted by molar-refractivity contribution is 5.70. The van der Waals surface area contributed by atoms with E-state index >= 15 is 0 Å². The highest BCUT2D eigenvalue weighted by Crippen LogP contribution is 2.23. The Morgan fingerprint density at radius 1 is 1.47 bits per heavy atom. The number of nitrogens with zero attached hydrogens (tertiary/aromatic N) is 4. The van der Waals surface area contributed by atoms with Crippen LogP contribution in [0.4, 0.5) is 10.7 Å². The van der Waals surface area contributed by atoms with Crippen LogP contribution < -0.4 is 9.64 Å². The van der Waals surface area contributed by atoms with Gasteiger partial charge < -0.3 is 14.4 Å². The third kappa shape index (κ3) is 2.27. The summed E-state index contributed by atoms with van der Waals surface area (Å²) in [5, 5.41) is 0. The van der Waals surface area contributed by atoms with Crippen LogP contribution in [0.5, 0.6) is 5.88 Å². The van der Waals surface area contributed by atoms with Crippen LogP contribution >= 0.6 is 0 Å². The van der Waals surface area contributed by atoms with Crippen molar-refractivity contribution in [2.45, 2.75) is 12.5 Å². The summed E-state index contributed by atoms with van der Waals surface area (Å²) in [4.78, 5) is 24.0. The van der Waals surface area contributed by atoms with Crippen molar-refractivity contribution in [1.29, 1.82) is 0 Å². The summed E-state index contributed by atoms with van der Waals surface area (Å²) < 4.78 is 10.1. The summed E-state index contributed by atoms with van der Waals surface area (Å²) in [6.07, 6.45) is 2.38. The highest BCUT2D eigenvalue weighted by Gasteiger charge is 2.35. The fourth-order valence-electron chi connectivity index (χ4n) is 2.51. The third-order valence-corrected chi connectivity index (χ3v) is 3.51. The number of hydrogen-bond donors (Lipinski definition) is 0. The Bertz CT molecular complexity index is 482. The molecule has 2 aliphatic rings. The lowest BCUT2D eigenvalue weighted by atomic mass is 10.2. The predicted octanol–water partition coefficient (Wildman–Crippen LogP) is 0.516. The lowest BCUT2D eigenvalue weighted by Gasteiger charge is -2.21. The van der Waals surface area contributed by atoms with Crippen molar-refractivity contribution in [2.75, 3.05) is 38.3 Å². The smallest absolute Gasteiger partial charge is 0.410 e. The van der Waals surface area contributed by atoms with E-state index in [1.165, 1.54) is 0 Å². The monoisotopic (exact) mass is 264 g/mol. The molecule has 1 atom stereocenters. The zero-order valence-corrected chi connectivity index (χ0v) is 10.8. The van der Waals surface area contributed by atoms with Crippen molar-refractivity contribution in [1.82, 2.24) is 14.9 Å². The molecule has 3 heterocycles. The molecule has 7 heteroatoms. The number of carbonyl (C=O) groups excluding carboxylic acids is 1. The second-order valence-corrected chi connectivity index (χ2v) is 4.60. The van der Waals surface area contributed by atoms with E-state index in [0.29, 0.717) is 25.0 Å². The Morgan fingerprint density at radius 3 is 3.11 bits per heavy atom. The molecular weight excluding hydrogens is 248 g/mol. The van der Waals surface area contributed by atoms with E-state index in [0.717, 1.165) is 19.5 Å². The summed E-state index contributed by atoms with van der Waals surface area (Å²) in [6.45, 7) is 2.74. The first-order chi connectivity index (χ1) is 9.28. The molecule has 1 aromatic rings. The molecule has 0 aliphatic carbocycles. The van der Waals surface area contributed by atoms with E-state index in [4.69, 9.17) is 9.47 Å². The summed E-state index contributed by atoms with van der Waals surface area (Å²) >= 11 is 0. The van der Waals surface area contributed by atoms with Crippen LogP contribution in [0, 0.1) is 0 Å². The van der Waals surface area contributed by atoms with Gasteiger partial charge in [-0.2, -0.15) is 4.98 Å². The van der Waals surface area contributed by atoms with Crippen molar-refractivity contribution >= 4 is 12.0 Å². The fourth-order valence-corrected chi connectivity index (χ4v) is 2.51. The molecule has 0 spiro atoms. The Hall–Kier alpha value is -2.05. The van der Waals surface area contributed by atoms with Crippen LogP contribution in [0.1, 0.15) is 6.42 Å². The molecular formula is C12H16N4O3. The van der Waals surface area contributed by atoms with Gasteiger partial charge in [0.15, 0.2) is 0 Å². The van der Waals surface area contributed by atoms with Crippen LogP contribution in [-0.2, 0) is 4.74 Å². The van der Waals surface area contributed by atoms with Crippen molar-refractivity contribution in [2.24, 2.45) is 0 Å². The summed E-state index contributed by atoms with van der Waals surface area (Å²) in [5.41, 5.74) is 0. The van der Waals surface area contributed by atoms with Crippen LogP contribution in [-0.4, -0.2) is 60.4 Å². The lowest BCUT2D eigenvalue weighted by molar-refractivity contribution is 0.150. The van der Waals surface area contributed by atoms with Crippen molar-refractivity contribution in [3.63, 3.8) is 0 Å². The standard InChI is InChI=1S/C12H16N4O3/c1-18-10-2-4-13-11(14-10)15-5-3-9(8-15)16-6-7-19-12(16)17/h2,4,9H,3,5-8H2,1H3. The van der Waals surface area contributed by atoms with Gasteiger partial charge in [-0.05, 0) is 6.42 Å². The maximum absolute atomic E-state index is 11.5. The lowest BCUT2D eigenvalue weighted by Crippen LogP contribution is -2.38. The normalized spacial score (nSPS) is 22.8. The molecule has 0 saturated carbocycles. The topological polar surface area (TPSA) is 67.8 Å². The number of amides is 1. The maximum Gasteiger partial charge on any atom is 0.410 e. The van der Waals surface area contributed by atoms with Gasteiger partial charge in [0.1, 0.15) is 6.61 Å². The van der Waals surface area contributed by atoms with Crippen molar-refractivity contribution < 1.29 is 14.3 Å². The minimum Gasteiger partial charge on any atom is -0.481 e. The van der Waals surface area contributed by atoms with E-state index in [1.54, 1.807) is 24.3 Å². The molecule has 0 bridgehead atoms. The van der Waals surface area contributed by atoms with Gasteiger partial charge in [0.25, 0.3) is 0 Å². The molecule has 2 aliphatic heterocycles. The Balaban J connectivity index is 1.69. The fraction of sp³-hybridized carbons (Fsp3) is 0.583. The second-order valence-electron chi connectivity index (χ2n) is 4.60. The summed E-state index contributed by atoms with van der Waals surface area (Å²) in [7, 11) is 1.58. The average Bonchev–Trinajstić information content (AvgIpc) is 3.07. The van der Waals surface area contributed by atoms with E-state index in [-0.39, 0.29) is 12.1 Å². The number of cyclic esters (lactones) is 1. The first-order valence-corrected chi connectivity index (χ1v) is 6.33. The highest BCUT2D eigenvalue weighted by atomic mass is 16.6. The van der Waals surface area contributed by atoms with Gasteiger partial charge in [0.05, 0.1) is 19.7 Å². The van der Waals surface area contributed by atoms with Gasteiger partial charge in [-0.15, -0.1) is 0 Å². The minimum atomic E-state index is -0.210. The number of aromatic nitrogens is 2. The second kappa shape index (κ2) is 4.91. The molecule has 102 valence electrons. The third-order valence-electron chi connectivity index (χ3n) is 3.51. The van der Waals surface area contributed by atoms with Gasteiger partial charge in [-0.1, -0.05) is 0 Å². The van der Waals surface area contributed by atoms with Gasteiger partial charge in [-0.3, -0.25) is 4.90 Å². The quantitative estimate of drug-likeness (QED) is 0.792. The van der Waals surface area contributed by atoms with E-state index in [9.17, 15) is 4.79 Å². The predicted molar refractivity (Wildman–Crippen MR) is 67.3 cm³/mol. The SMILES string of the molecule is COc1ccnc(N2CCC(N3CCOC3=O)C2)n1. The van der Waals surface area contributed by atoms with Gasteiger partial charge >= 0.3 is 6.09 Å². The average molecular weight is 264 g/mol. The summed E-state index contributed by atoms with van der Waals surface area (Å²) in [6, 6.07) is 1.90. The number of rotatable bonds is 3. The molecule has 2 saturated heterocycles. The van der Waals surface area contributed by atoms with Gasteiger partial charge in [0, 0.05) is 25.4 Å². The number of hydrogen-bond acceptors (Lipinski definition) is 6. The van der Waals surface area contributed by atoms with E-state index < -0.39 is 0 Å². The van der Waals surface area contributed by atoms with E-state index in [2.05, 4.69) is 14.9 Å². The van der Waals surface area contributed by atoms with Crippen molar-refractivity contribution in [3.8, 4) is 5.88 Å². The Kier molecular flexibility index (Phi) is 3.10. The largest absolute Gasteiger partial charge is 0.481 e. The van der Waals surface area contributed by atoms with E-state index in [1.807, 2.05) is 0 Å². The zero-order valence-electron chi connectivity index (χ0n) is 10.8. The molecule has 3 rings (SSSR count). The molecule has 0 radical (unpaired) electrons. The number of methoxy groups -OCH3 is 1. The van der Waals surface area contributed by atoms with Crippen LogP contribution in [0.25, 0.3) is 0 Å². The first-order valence-electron chi connectivity index (χ1n) is 6.33. The molecule has 0 aromatic carbocycles. The van der Waals surface area contributed by atoms with Crippen LogP contribution in [0.3, 0.4) is 0 Å². The first kappa shape index (κ1) is 12.0. The van der Waals surface area contributed by atoms with Crippen LogP contribution in [0.15, 0.2) is 12.3 Å². The number of carbonyl (C=O) groups is 1. The number of ether oxygens (including phenoxy) is 2.